The third kappa shape index (κ3) is 2.63. The molecule has 0 spiro atoms. The molecule has 2 aromatic rings. The number of nitrogens with zero attached hydrogens (tertiary/aromatic N) is 1. The molecule has 0 aliphatic carbocycles. The van der Waals surface area contributed by atoms with Crippen LogP contribution >= 0.6 is 0 Å². The summed E-state index contributed by atoms with van der Waals surface area (Å²) in [4.78, 5) is 25.4. The molecule has 2 aromatic carbocycles. The van der Waals surface area contributed by atoms with Gasteiger partial charge in [0.25, 0.3) is 5.91 Å². The van der Waals surface area contributed by atoms with Crippen LogP contribution in [-0.2, 0) is 0 Å². The second-order valence-corrected chi connectivity index (χ2v) is 5.74. The molecule has 6 heteroatoms. The average molecular weight is 332 g/mol. The lowest BCUT2D eigenvalue weighted by Gasteiger charge is -2.36. The second kappa shape index (κ2) is 5.83. The van der Waals surface area contributed by atoms with Crippen LogP contribution in [0.3, 0.4) is 0 Å². The van der Waals surface area contributed by atoms with Gasteiger partial charge in [0.15, 0.2) is 0 Å². The Labute approximate surface area is 144 Å². The van der Waals surface area contributed by atoms with E-state index >= 15 is 0 Å². The summed E-state index contributed by atoms with van der Waals surface area (Å²) >= 11 is 0. The van der Waals surface area contributed by atoms with E-state index in [-0.39, 0.29) is 17.6 Å². The highest BCUT2D eigenvalue weighted by Crippen LogP contribution is 2.29. The highest BCUT2D eigenvalue weighted by atomic mass is 16.4. The minimum absolute atomic E-state index is 0.0808. The summed E-state index contributed by atoms with van der Waals surface area (Å²) < 4.78 is 0. The van der Waals surface area contributed by atoms with Gasteiger partial charge in [-0.15, -0.1) is 0 Å². The number of para-hydroxylation sites is 2. The number of anilines is 2. The molecule has 0 bridgehead atoms. The highest BCUT2D eigenvalue weighted by Gasteiger charge is 2.30. The van der Waals surface area contributed by atoms with Crippen LogP contribution in [0.2, 0.25) is 0 Å². The fourth-order valence-corrected chi connectivity index (χ4v) is 2.97. The van der Waals surface area contributed by atoms with Crippen molar-refractivity contribution in [1.29, 1.82) is 0 Å². The number of rotatable bonds is 3. The van der Waals surface area contributed by atoms with E-state index in [1.165, 1.54) is 6.07 Å². The summed E-state index contributed by atoms with van der Waals surface area (Å²) in [6.07, 6.45) is 4.90. The van der Waals surface area contributed by atoms with E-state index in [1.54, 1.807) is 41.4 Å². The van der Waals surface area contributed by atoms with Crippen LogP contribution in [0.4, 0.5) is 11.4 Å². The molecule has 1 amide bonds. The number of carbonyl (C=O) groups excluding carboxylic acids is 2. The van der Waals surface area contributed by atoms with Crippen LogP contribution in [0, 0.1) is 0 Å². The van der Waals surface area contributed by atoms with E-state index in [1.807, 2.05) is 24.3 Å². The molecular formula is C19H14N3O3-. The molecule has 2 heterocycles. The van der Waals surface area contributed by atoms with Crippen molar-refractivity contribution in [2.24, 2.45) is 0 Å². The predicted octanol–water partition coefficient (Wildman–Crippen LogP) is 1.77. The Bertz CT molecular complexity index is 933. The number of carboxylic acid groups (broad SMARTS) is 1. The Balaban J connectivity index is 1.63. The molecule has 25 heavy (non-hydrogen) atoms. The minimum Gasteiger partial charge on any atom is -0.545 e. The molecular weight excluding hydrogens is 318 g/mol. The van der Waals surface area contributed by atoms with Crippen LogP contribution in [0.1, 0.15) is 20.7 Å². The van der Waals surface area contributed by atoms with Crippen LogP contribution in [0.25, 0.3) is 0 Å². The molecule has 0 saturated heterocycles. The first-order valence-corrected chi connectivity index (χ1v) is 7.79. The van der Waals surface area contributed by atoms with E-state index in [2.05, 4.69) is 10.6 Å². The Morgan fingerprint density at radius 3 is 2.72 bits per heavy atom. The van der Waals surface area contributed by atoms with Crippen molar-refractivity contribution >= 4 is 23.3 Å². The topological polar surface area (TPSA) is 84.5 Å². The van der Waals surface area contributed by atoms with Gasteiger partial charge in [-0.05, 0) is 30.4 Å². The molecule has 2 N–H and O–H groups in total. The first-order chi connectivity index (χ1) is 12.1. The third-order valence-corrected chi connectivity index (χ3v) is 4.17. The SMILES string of the molecule is O=C([O-])c1ccccc1NC1=C[C@@H]2Nc3ccccc3C(=O)N2C=C1. The first-order valence-electron chi connectivity index (χ1n) is 7.79. The number of hydrogen-bond acceptors (Lipinski definition) is 5. The van der Waals surface area contributed by atoms with Crippen molar-refractivity contribution < 1.29 is 14.7 Å². The zero-order valence-corrected chi connectivity index (χ0v) is 13.1. The van der Waals surface area contributed by atoms with Gasteiger partial charge in [-0.3, -0.25) is 9.69 Å². The van der Waals surface area contributed by atoms with Gasteiger partial charge in [-0.25, -0.2) is 0 Å². The standard InChI is InChI=1S/C19H15N3O3/c23-18-13-5-1-3-7-15(13)21-17-11-12(9-10-22(17)18)20-16-8-4-2-6-14(16)19(24)25/h1-11,17,20-21H,(H,24,25)/p-1/t17-/m1/s1. The molecule has 0 fully saturated rings. The molecule has 2 aliphatic heterocycles. The summed E-state index contributed by atoms with van der Waals surface area (Å²) in [5.41, 5.74) is 2.60. The molecule has 1 atom stereocenters. The van der Waals surface area contributed by atoms with Crippen molar-refractivity contribution in [3.8, 4) is 0 Å². The Morgan fingerprint density at radius 2 is 1.88 bits per heavy atom. The number of hydrogen-bond donors (Lipinski definition) is 2. The summed E-state index contributed by atoms with van der Waals surface area (Å²) in [7, 11) is 0. The summed E-state index contributed by atoms with van der Waals surface area (Å²) in [6, 6.07) is 13.9. The molecule has 0 unspecified atom stereocenters. The van der Waals surface area contributed by atoms with Gasteiger partial charge in [0.05, 0.1) is 11.5 Å². The van der Waals surface area contributed by atoms with Crippen LogP contribution < -0.4 is 15.7 Å². The lowest BCUT2D eigenvalue weighted by molar-refractivity contribution is -0.254. The number of aromatic carboxylic acids is 1. The van der Waals surface area contributed by atoms with Gasteiger partial charge < -0.3 is 20.5 Å². The molecule has 0 aromatic heterocycles. The molecule has 124 valence electrons. The van der Waals surface area contributed by atoms with Crippen molar-refractivity contribution in [3.63, 3.8) is 0 Å². The Kier molecular flexibility index (Phi) is 3.50. The van der Waals surface area contributed by atoms with E-state index in [4.69, 9.17) is 0 Å². The number of benzene rings is 2. The fraction of sp³-hybridized carbons (Fsp3) is 0.0526. The van der Waals surface area contributed by atoms with E-state index < -0.39 is 5.97 Å². The first kappa shape index (κ1) is 15.0. The monoisotopic (exact) mass is 332 g/mol. The fourth-order valence-electron chi connectivity index (χ4n) is 2.97. The van der Waals surface area contributed by atoms with Gasteiger partial charge in [0.2, 0.25) is 0 Å². The van der Waals surface area contributed by atoms with Gasteiger partial charge in [-0.1, -0.05) is 30.3 Å². The van der Waals surface area contributed by atoms with Crippen LogP contribution in [0.5, 0.6) is 0 Å². The Hall–Kier alpha value is -3.54. The normalized spacial score (nSPS) is 17.9. The van der Waals surface area contributed by atoms with E-state index in [9.17, 15) is 14.7 Å². The van der Waals surface area contributed by atoms with E-state index in [0.717, 1.165) is 5.69 Å². The number of carbonyl (C=O) groups is 2. The molecule has 4 rings (SSSR count). The van der Waals surface area contributed by atoms with Gasteiger partial charge in [0.1, 0.15) is 6.17 Å². The maximum Gasteiger partial charge on any atom is 0.261 e. The quantitative estimate of drug-likeness (QED) is 0.895. The van der Waals surface area contributed by atoms with Gasteiger partial charge in [-0.2, -0.15) is 0 Å². The summed E-state index contributed by atoms with van der Waals surface area (Å²) in [6.45, 7) is 0. The number of allylic oxidation sites excluding steroid dienone is 1. The molecule has 0 saturated carbocycles. The number of carboxylic acids is 1. The largest absolute Gasteiger partial charge is 0.545 e. The van der Waals surface area contributed by atoms with Crippen LogP contribution in [0.15, 0.2) is 72.6 Å². The Morgan fingerprint density at radius 1 is 1.12 bits per heavy atom. The number of amides is 1. The number of fused-ring (bicyclic) bond motifs is 2. The average Bonchev–Trinajstić information content (AvgIpc) is 2.62. The predicted molar refractivity (Wildman–Crippen MR) is 91.6 cm³/mol. The smallest absolute Gasteiger partial charge is 0.261 e. The van der Waals surface area contributed by atoms with Crippen molar-refractivity contribution in [2.75, 3.05) is 10.6 Å². The van der Waals surface area contributed by atoms with Crippen LogP contribution in [-0.4, -0.2) is 22.9 Å². The highest BCUT2D eigenvalue weighted by molar-refractivity contribution is 6.02. The molecule has 6 nitrogen and oxygen atoms in total. The lowest BCUT2D eigenvalue weighted by Crippen LogP contribution is -2.46. The van der Waals surface area contributed by atoms with E-state index in [0.29, 0.717) is 16.9 Å². The zero-order valence-electron chi connectivity index (χ0n) is 13.1. The van der Waals surface area contributed by atoms with Gasteiger partial charge in [0, 0.05) is 28.8 Å². The molecule has 0 radical (unpaired) electrons. The number of nitrogens with one attached hydrogen (secondary N) is 2. The van der Waals surface area contributed by atoms with Crippen molar-refractivity contribution in [2.45, 2.75) is 6.17 Å². The molecule has 2 aliphatic rings. The summed E-state index contributed by atoms with van der Waals surface area (Å²) in [5.74, 6) is -1.33. The third-order valence-electron chi connectivity index (χ3n) is 4.17. The lowest BCUT2D eigenvalue weighted by atomic mass is 10.1. The zero-order chi connectivity index (χ0) is 17.4. The van der Waals surface area contributed by atoms with Crippen molar-refractivity contribution in [1.82, 2.24) is 4.90 Å². The second-order valence-electron chi connectivity index (χ2n) is 5.74. The summed E-state index contributed by atoms with van der Waals surface area (Å²) in [5, 5.41) is 17.6. The maximum absolute atomic E-state index is 12.6. The van der Waals surface area contributed by atoms with Crippen molar-refractivity contribution in [3.05, 3.63) is 83.7 Å². The maximum atomic E-state index is 12.6. The minimum atomic E-state index is -1.25. The van der Waals surface area contributed by atoms with Gasteiger partial charge >= 0.3 is 0 Å².